The Morgan fingerprint density at radius 2 is 1.56 bits per heavy atom. The van der Waals surface area contributed by atoms with Crippen LogP contribution in [-0.2, 0) is 25.2 Å². The maximum absolute atomic E-state index is 14.7. The van der Waals surface area contributed by atoms with E-state index in [9.17, 15) is 27.9 Å². The number of alkyl halides is 3. The molecule has 0 spiro atoms. The molecule has 1 amide bonds. The smallest absolute Gasteiger partial charge is 0.416 e. The highest BCUT2D eigenvalue weighted by molar-refractivity contribution is 5.81. The maximum atomic E-state index is 14.7. The van der Waals surface area contributed by atoms with E-state index in [-0.39, 0.29) is 35.7 Å². The fourth-order valence-corrected chi connectivity index (χ4v) is 8.91. The predicted octanol–water partition coefficient (Wildman–Crippen LogP) is 5.88. The number of carboxylic acid groups (broad SMARTS) is 1. The van der Waals surface area contributed by atoms with Gasteiger partial charge in [-0.25, -0.2) is 0 Å². The maximum Gasteiger partial charge on any atom is 0.416 e. The Bertz CT molecular complexity index is 1470. The van der Waals surface area contributed by atoms with Crippen molar-refractivity contribution >= 4 is 17.6 Å². The molecule has 0 aromatic heterocycles. The second-order valence-corrected chi connectivity index (χ2v) is 14.5. The summed E-state index contributed by atoms with van der Waals surface area (Å²) >= 11 is 0. The molecule has 50 heavy (non-hydrogen) atoms. The number of piperidine rings is 1. The molecule has 0 bridgehead atoms. The van der Waals surface area contributed by atoms with Gasteiger partial charge in [0.15, 0.2) is 0 Å². The Morgan fingerprint density at radius 3 is 2.16 bits per heavy atom. The van der Waals surface area contributed by atoms with Crippen molar-refractivity contribution in [2.75, 3.05) is 72.1 Å². The standard InChI is InChI=1S/C38H50F3N3O6/c1-48-23-26-19-44(21-33(26)31-13-6-27(38(39,40)41)18-35(31)42-16-14-25(15-17-42)37(46)47)36(45)34-22-43(28-7-11-30(50-3)12-8-28)20-32(34)24-4-9-29(49-2)10-5-24/h4-6,9-10,13,18,25-26,28,30,32-34H,7-8,11-12,14-17,19-23H2,1-3H3,(H,46,47)/t26-,28-,30-,32+,33+,34-/m1/s1. The Hall–Kier alpha value is -3.35. The molecule has 274 valence electrons. The number of hydrogen-bond acceptors (Lipinski definition) is 7. The molecule has 3 heterocycles. The van der Waals surface area contributed by atoms with E-state index in [0.29, 0.717) is 63.9 Å². The van der Waals surface area contributed by atoms with E-state index in [1.54, 1.807) is 27.4 Å². The Balaban J connectivity index is 1.27. The van der Waals surface area contributed by atoms with Crippen molar-refractivity contribution < 1.29 is 42.1 Å². The van der Waals surface area contributed by atoms with Gasteiger partial charge in [-0.15, -0.1) is 0 Å². The van der Waals surface area contributed by atoms with Crippen LogP contribution in [0.4, 0.5) is 18.9 Å². The normalized spacial score (nSPS) is 28.3. The van der Waals surface area contributed by atoms with Gasteiger partial charge in [0.2, 0.25) is 5.91 Å². The van der Waals surface area contributed by atoms with Gasteiger partial charge >= 0.3 is 12.1 Å². The van der Waals surface area contributed by atoms with Crippen LogP contribution in [0.15, 0.2) is 42.5 Å². The summed E-state index contributed by atoms with van der Waals surface area (Å²) in [6, 6.07) is 12.3. The van der Waals surface area contributed by atoms with Crippen LogP contribution in [0.2, 0.25) is 0 Å². The number of halogens is 3. The number of benzene rings is 2. The molecule has 0 radical (unpaired) electrons. The summed E-state index contributed by atoms with van der Waals surface area (Å²) in [5.41, 5.74) is 1.58. The molecular formula is C38H50F3N3O6. The van der Waals surface area contributed by atoms with Crippen LogP contribution in [0.5, 0.6) is 5.75 Å². The molecule has 1 N–H and O–H groups in total. The lowest BCUT2D eigenvalue weighted by Crippen LogP contribution is -2.40. The molecule has 3 saturated heterocycles. The topological polar surface area (TPSA) is 91.8 Å². The van der Waals surface area contributed by atoms with Crippen molar-refractivity contribution in [3.63, 3.8) is 0 Å². The third kappa shape index (κ3) is 7.77. The zero-order valence-electron chi connectivity index (χ0n) is 29.2. The molecule has 6 rings (SSSR count). The first-order valence-corrected chi connectivity index (χ1v) is 17.9. The number of carboxylic acids is 1. The van der Waals surface area contributed by atoms with Crippen LogP contribution in [0.1, 0.15) is 67.1 Å². The molecule has 2 aromatic rings. The van der Waals surface area contributed by atoms with E-state index in [2.05, 4.69) is 17.0 Å². The van der Waals surface area contributed by atoms with Gasteiger partial charge in [0.05, 0.1) is 37.2 Å². The van der Waals surface area contributed by atoms with E-state index >= 15 is 0 Å². The number of methoxy groups -OCH3 is 3. The number of carbonyl (C=O) groups is 2. The third-order valence-corrected chi connectivity index (χ3v) is 11.8. The van der Waals surface area contributed by atoms with Crippen molar-refractivity contribution in [3.05, 3.63) is 59.2 Å². The summed E-state index contributed by atoms with van der Waals surface area (Å²) in [6.07, 6.45) is 0.525. The number of anilines is 1. The number of nitrogens with zero attached hydrogens (tertiary/aromatic N) is 3. The van der Waals surface area contributed by atoms with E-state index in [1.807, 2.05) is 21.9 Å². The first-order chi connectivity index (χ1) is 24.0. The molecule has 1 aliphatic carbocycles. The first kappa shape index (κ1) is 36.4. The summed E-state index contributed by atoms with van der Waals surface area (Å²) < 4.78 is 58.6. The second-order valence-electron chi connectivity index (χ2n) is 14.5. The monoisotopic (exact) mass is 701 g/mol. The summed E-state index contributed by atoms with van der Waals surface area (Å²) in [5.74, 6) is -1.20. The summed E-state index contributed by atoms with van der Waals surface area (Å²) in [4.78, 5) is 32.6. The fraction of sp³-hybridized carbons (Fsp3) is 0.632. The number of carbonyl (C=O) groups excluding carboxylic acids is 1. The number of likely N-dealkylation sites (tertiary alicyclic amines) is 2. The van der Waals surface area contributed by atoms with Gasteiger partial charge in [-0.2, -0.15) is 13.2 Å². The lowest BCUT2D eigenvalue weighted by molar-refractivity contribution is -0.142. The molecule has 4 fully saturated rings. The quantitative estimate of drug-likeness (QED) is 0.329. The Morgan fingerprint density at radius 1 is 0.860 bits per heavy atom. The molecule has 4 aliphatic rings. The molecule has 2 aromatic carbocycles. The lowest BCUT2D eigenvalue weighted by Gasteiger charge is -2.35. The van der Waals surface area contributed by atoms with Crippen molar-refractivity contribution in [2.24, 2.45) is 17.8 Å². The van der Waals surface area contributed by atoms with Gasteiger partial charge < -0.3 is 29.1 Å². The highest BCUT2D eigenvalue weighted by atomic mass is 19.4. The average molecular weight is 702 g/mol. The molecular weight excluding hydrogens is 651 g/mol. The van der Waals surface area contributed by atoms with Crippen molar-refractivity contribution in [1.82, 2.24) is 9.80 Å². The summed E-state index contributed by atoms with van der Waals surface area (Å²) in [7, 11) is 5.01. The predicted molar refractivity (Wildman–Crippen MR) is 183 cm³/mol. The number of aliphatic carboxylic acids is 1. The first-order valence-electron chi connectivity index (χ1n) is 17.9. The van der Waals surface area contributed by atoms with Crippen molar-refractivity contribution in [2.45, 2.75) is 68.7 Å². The average Bonchev–Trinajstić information content (AvgIpc) is 3.76. The van der Waals surface area contributed by atoms with Crippen LogP contribution < -0.4 is 9.64 Å². The highest BCUT2D eigenvalue weighted by Crippen LogP contribution is 2.44. The highest BCUT2D eigenvalue weighted by Gasteiger charge is 2.47. The SMILES string of the molecule is COC[C@H]1CN(C(=O)[C@@H]2CN([C@H]3CC[C@H](OC)CC3)C[C@H]2c2ccc(OC)cc2)C[C@@H]1c1ccc(C(F)(F)F)cc1N1CCC(C(=O)O)CC1. The molecule has 0 unspecified atom stereocenters. The molecule has 12 heteroatoms. The van der Waals surface area contributed by atoms with Crippen LogP contribution >= 0.6 is 0 Å². The fourth-order valence-electron chi connectivity index (χ4n) is 8.91. The zero-order valence-corrected chi connectivity index (χ0v) is 29.2. The van der Waals surface area contributed by atoms with Gasteiger partial charge in [-0.05, 0) is 73.9 Å². The van der Waals surface area contributed by atoms with Crippen LogP contribution in [0, 0.1) is 17.8 Å². The zero-order chi connectivity index (χ0) is 35.6. The van der Waals surface area contributed by atoms with Crippen LogP contribution in [-0.4, -0.2) is 106 Å². The van der Waals surface area contributed by atoms with Gasteiger partial charge in [0.25, 0.3) is 0 Å². The molecule has 9 nitrogen and oxygen atoms in total. The number of hydrogen-bond donors (Lipinski definition) is 1. The molecule has 1 saturated carbocycles. The van der Waals surface area contributed by atoms with E-state index in [4.69, 9.17) is 14.2 Å². The molecule has 3 aliphatic heterocycles. The van der Waals surface area contributed by atoms with E-state index in [0.717, 1.165) is 55.2 Å². The number of ether oxygens (including phenoxy) is 3. The van der Waals surface area contributed by atoms with Crippen molar-refractivity contribution in [1.29, 1.82) is 0 Å². The van der Waals surface area contributed by atoms with Crippen molar-refractivity contribution in [3.8, 4) is 5.75 Å². The molecule has 4 atom stereocenters. The minimum atomic E-state index is -4.52. The van der Waals surface area contributed by atoms with Gasteiger partial charge in [-0.3, -0.25) is 14.5 Å². The number of amides is 1. The second kappa shape index (κ2) is 15.5. The number of rotatable bonds is 10. The Labute approximate surface area is 292 Å². The van der Waals surface area contributed by atoms with E-state index in [1.165, 1.54) is 6.07 Å². The van der Waals surface area contributed by atoms with Gasteiger partial charge in [-0.1, -0.05) is 18.2 Å². The van der Waals surface area contributed by atoms with Gasteiger partial charge in [0.1, 0.15) is 5.75 Å². The van der Waals surface area contributed by atoms with Crippen LogP contribution in [0.3, 0.4) is 0 Å². The third-order valence-electron chi connectivity index (χ3n) is 11.8. The Kier molecular flexibility index (Phi) is 11.3. The minimum Gasteiger partial charge on any atom is -0.497 e. The minimum absolute atomic E-state index is 0.00867. The largest absolute Gasteiger partial charge is 0.497 e. The summed E-state index contributed by atoms with van der Waals surface area (Å²) in [5, 5.41) is 9.53. The lowest BCUT2D eigenvalue weighted by atomic mass is 9.86. The summed E-state index contributed by atoms with van der Waals surface area (Å²) in [6.45, 7) is 3.31. The van der Waals surface area contributed by atoms with E-state index < -0.39 is 23.6 Å². The van der Waals surface area contributed by atoms with Crippen LogP contribution in [0.25, 0.3) is 0 Å². The van der Waals surface area contributed by atoms with Gasteiger partial charge in [0, 0.05) is 83.0 Å².